The van der Waals surface area contributed by atoms with Crippen molar-refractivity contribution < 1.29 is 0 Å². The van der Waals surface area contributed by atoms with Gasteiger partial charge in [-0.15, -0.1) is 0 Å². The van der Waals surface area contributed by atoms with E-state index < -0.39 is 0 Å². The van der Waals surface area contributed by atoms with Gasteiger partial charge in [-0.05, 0) is 114 Å². The molecule has 1 aliphatic rings. The van der Waals surface area contributed by atoms with Gasteiger partial charge in [0.05, 0.1) is 0 Å². The SMILES string of the molecule is C/C=C\C(=C/C)N(c1ccc(-c2ccccc2)cc1)c1ccc(-c2ccc(-c3ccc4c5c6c(ccc5n(C)c4c3)CCC=C6)cc2)cc1. The van der Waals surface area contributed by atoms with E-state index in [2.05, 4.69) is 194 Å². The first-order valence-electron chi connectivity index (χ1n) is 17.3. The summed E-state index contributed by atoms with van der Waals surface area (Å²) >= 11 is 0. The topological polar surface area (TPSA) is 8.17 Å². The Morgan fingerprint density at radius 1 is 0.612 bits per heavy atom. The zero-order valence-corrected chi connectivity index (χ0v) is 28.4. The van der Waals surface area contributed by atoms with Crippen molar-refractivity contribution >= 4 is 39.3 Å². The monoisotopic (exact) mass is 632 g/mol. The highest BCUT2D eigenvalue weighted by molar-refractivity contribution is 6.13. The smallest absolute Gasteiger partial charge is 0.0495 e. The van der Waals surface area contributed by atoms with Gasteiger partial charge in [-0.3, -0.25) is 0 Å². The largest absolute Gasteiger partial charge is 0.344 e. The summed E-state index contributed by atoms with van der Waals surface area (Å²) in [5, 5.41) is 2.71. The van der Waals surface area contributed by atoms with Crippen molar-refractivity contribution in [2.24, 2.45) is 7.05 Å². The highest BCUT2D eigenvalue weighted by atomic mass is 15.1. The van der Waals surface area contributed by atoms with Gasteiger partial charge >= 0.3 is 0 Å². The van der Waals surface area contributed by atoms with Crippen LogP contribution >= 0.6 is 0 Å². The maximum absolute atomic E-state index is 2.35. The standard InChI is InChI=1S/C47H40N2/c1-4-11-40(5-2)49(41-26-20-35(21-27-41)33-12-7-6-8-13-33)42-28-22-36(23-29-42)34-16-18-37(19-17-34)39-24-30-44-46(32-39)48(3)45-31-25-38-14-9-10-15-43(38)47(44)45/h4-8,10-13,15-32H,9,14H2,1-3H3/b11-4-,40-5+. The van der Waals surface area contributed by atoms with Crippen LogP contribution in [-0.4, -0.2) is 4.57 Å². The predicted octanol–water partition coefficient (Wildman–Crippen LogP) is 12.9. The number of rotatable bonds is 7. The number of fused-ring (bicyclic) bond motifs is 5. The van der Waals surface area contributed by atoms with Crippen molar-refractivity contribution in [1.82, 2.24) is 4.57 Å². The van der Waals surface area contributed by atoms with Crippen LogP contribution in [0.5, 0.6) is 0 Å². The molecule has 1 aromatic heterocycles. The summed E-state index contributed by atoms with van der Waals surface area (Å²) in [6, 6.07) is 48.8. The van der Waals surface area contributed by atoms with Gasteiger partial charge in [0.15, 0.2) is 0 Å². The van der Waals surface area contributed by atoms with Gasteiger partial charge in [0.1, 0.15) is 0 Å². The second-order valence-corrected chi connectivity index (χ2v) is 12.9. The molecule has 0 bridgehead atoms. The van der Waals surface area contributed by atoms with Crippen LogP contribution < -0.4 is 4.90 Å². The van der Waals surface area contributed by atoms with Crippen LogP contribution in [0.2, 0.25) is 0 Å². The Morgan fingerprint density at radius 3 is 1.80 bits per heavy atom. The molecule has 0 aliphatic heterocycles. The quantitative estimate of drug-likeness (QED) is 0.159. The molecule has 0 N–H and O–H groups in total. The van der Waals surface area contributed by atoms with Crippen molar-refractivity contribution in [1.29, 1.82) is 0 Å². The summed E-state index contributed by atoms with van der Waals surface area (Å²) in [4.78, 5) is 2.32. The Bertz CT molecular complexity index is 2370. The van der Waals surface area contributed by atoms with Crippen LogP contribution in [-0.2, 0) is 13.5 Å². The second kappa shape index (κ2) is 13.0. The van der Waals surface area contributed by atoms with E-state index in [0.29, 0.717) is 0 Å². The molecule has 0 saturated carbocycles. The molecule has 0 unspecified atom stereocenters. The molecule has 49 heavy (non-hydrogen) atoms. The summed E-state index contributed by atoms with van der Waals surface area (Å²) in [5.41, 5.74) is 16.1. The van der Waals surface area contributed by atoms with E-state index in [9.17, 15) is 0 Å². The van der Waals surface area contributed by atoms with Crippen molar-refractivity contribution in [3.8, 4) is 33.4 Å². The van der Waals surface area contributed by atoms with Gasteiger partial charge in [0.2, 0.25) is 0 Å². The first-order valence-corrected chi connectivity index (χ1v) is 17.3. The van der Waals surface area contributed by atoms with Crippen LogP contribution in [0.4, 0.5) is 11.4 Å². The number of hydrogen-bond donors (Lipinski definition) is 0. The van der Waals surface area contributed by atoms with E-state index in [1.54, 1.807) is 0 Å². The molecule has 0 radical (unpaired) electrons. The van der Waals surface area contributed by atoms with Crippen molar-refractivity contribution in [3.05, 3.63) is 175 Å². The van der Waals surface area contributed by atoms with E-state index >= 15 is 0 Å². The summed E-state index contributed by atoms with van der Waals surface area (Å²) < 4.78 is 2.35. The number of aryl methyl sites for hydroxylation is 2. The third-order valence-electron chi connectivity index (χ3n) is 9.97. The lowest BCUT2D eigenvalue weighted by atomic mass is 9.93. The van der Waals surface area contributed by atoms with E-state index in [4.69, 9.17) is 0 Å². The van der Waals surface area contributed by atoms with Crippen LogP contribution in [0.1, 0.15) is 31.4 Å². The number of aromatic nitrogens is 1. The van der Waals surface area contributed by atoms with Gasteiger partial charge in [0.25, 0.3) is 0 Å². The molecule has 8 rings (SSSR count). The van der Waals surface area contributed by atoms with E-state index in [-0.39, 0.29) is 0 Å². The number of allylic oxidation sites excluding steroid dienone is 4. The molecule has 6 aromatic carbocycles. The molecule has 7 aromatic rings. The summed E-state index contributed by atoms with van der Waals surface area (Å²) in [5.74, 6) is 0. The van der Waals surface area contributed by atoms with Crippen LogP contribution in [0.3, 0.4) is 0 Å². The number of benzene rings is 6. The molecule has 1 heterocycles. The minimum absolute atomic E-state index is 1.12. The van der Waals surface area contributed by atoms with Gasteiger partial charge in [-0.2, -0.15) is 0 Å². The fourth-order valence-electron chi connectivity index (χ4n) is 7.40. The Balaban J connectivity index is 1.08. The maximum Gasteiger partial charge on any atom is 0.0495 e. The number of hydrogen-bond acceptors (Lipinski definition) is 1. The van der Waals surface area contributed by atoms with E-state index in [0.717, 1.165) is 29.9 Å². The first-order chi connectivity index (χ1) is 24.1. The van der Waals surface area contributed by atoms with E-state index in [1.165, 1.54) is 66.3 Å². The Labute approximate surface area is 289 Å². The second-order valence-electron chi connectivity index (χ2n) is 12.9. The van der Waals surface area contributed by atoms with Gasteiger partial charge in [-0.25, -0.2) is 0 Å². The van der Waals surface area contributed by atoms with Crippen molar-refractivity contribution in [2.75, 3.05) is 4.90 Å². The zero-order valence-electron chi connectivity index (χ0n) is 28.4. The molecular weight excluding hydrogens is 593 g/mol. The first kappa shape index (κ1) is 30.5. The van der Waals surface area contributed by atoms with Crippen molar-refractivity contribution in [2.45, 2.75) is 26.7 Å². The van der Waals surface area contributed by atoms with Crippen molar-refractivity contribution in [3.63, 3.8) is 0 Å². The Hall–Kier alpha value is -5.86. The normalized spacial score (nSPS) is 13.0. The lowest BCUT2D eigenvalue weighted by molar-refractivity contribution is 0.984. The zero-order chi connectivity index (χ0) is 33.3. The Kier molecular flexibility index (Phi) is 8.07. The summed E-state index contributed by atoms with van der Waals surface area (Å²) in [6.07, 6.45) is 13.3. The minimum Gasteiger partial charge on any atom is -0.344 e. The average Bonchev–Trinajstić information content (AvgIpc) is 3.46. The highest BCUT2D eigenvalue weighted by Crippen LogP contribution is 2.38. The molecule has 0 saturated heterocycles. The average molecular weight is 633 g/mol. The number of anilines is 2. The van der Waals surface area contributed by atoms with Crippen LogP contribution in [0, 0.1) is 0 Å². The molecule has 0 amide bonds. The molecule has 1 aliphatic carbocycles. The third-order valence-corrected chi connectivity index (χ3v) is 9.97. The third kappa shape index (κ3) is 5.60. The summed E-state index contributed by atoms with van der Waals surface area (Å²) in [6.45, 7) is 4.16. The molecule has 2 nitrogen and oxygen atoms in total. The highest BCUT2D eigenvalue weighted by Gasteiger charge is 2.17. The molecule has 0 fully saturated rings. The van der Waals surface area contributed by atoms with Gasteiger partial charge in [0, 0.05) is 45.9 Å². The predicted molar refractivity (Wildman–Crippen MR) is 211 cm³/mol. The van der Waals surface area contributed by atoms with Crippen LogP contribution in [0.15, 0.2) is 163 Å². The Morgan fingerprint density at radius 2 is 1.18 bits per heavy atom. The number of nitrogens with zero attached hydrogens (tertiary/aromatic N) is 2. The molecule has 238 valence electrons. The van der Waals surface area contributed by atoms with Gasteiger partial charge in [-0.1, -0.05) is 121 Å². The minimum atomic E-state index is 1.12. The fraction of sp³-hybridized carbons (Fsp3) is 0.106. The van der Waals surface area contributed by atoms with Gasteiger partial charge < -0.3 is 9.47 Å². The fourth-order valence-corrected chi connectivity index (χ4v) is 7.40. The molecule has 0 spiro atoms. The lowest BCUT2D eigenvalue weighted by Gasteiger charge is -2.27. The molecular formula is C47H40N2. The summed E-state index contributed by atoms with van der Waals surface area (Å²) in [7, 11) is 2.19. The lowest BCUT2D eigenvalue weighted by Crippen LogP contribution is -2.15. The van der Waals surface area contributed by atoms with Crippen LogP contribution in [0.25, 0.3) is 61.3 Å². The maximum atomic E-state index is 2.35. The molecule has 0 atom stereocenters. The van der Waals surface area contributed by atoms with E-state index in [1.807, 2.05) is 0 Å². The molecule has 2 heteroatoms.